The summed E-state index contributed by atoms with van der Waals surface area (Å²) in [6, 6.07) is 2.28. The van der Waals surface area contributed by atoms with Crippen LogP contribution in [0.15, 0.2) is 0 Å². The summed E-state index contributed by atoms with van der Waals surface area (Å²) in [5, 5.41) is 9.81. The average molecular weight is 424 g/mol. The number of nitrogens with zero attached hydrogens (tertiary/aromatic N) is 1. The van der Waals surface area contributed by atoms with Gasteiger partial charge in [0.15, 0.2) is 16.6 Å². The Morgan fingerprint density at radius 3 is 1.85 bits per heavy atom. The van der Waals surface area contributed by atoms with Gasteiger partial charge in [0.1, 0.15) is 0 Å². The van der Waals surface area contributed by atoms with E-state index in [1.807, 2.05) is 19.0 Å². The summed E-state index contributed by atoms with van der Waals surface area (Å²) in [6.45, 7) is 17.6. The molecule has 0 saturated carbocycles. The van der Waals surface area contributed by atoms with Crippen LogP contribution >= 0.6 is 0 Å². The molecule has 1 N–H and O–H groups in total. The zero-order chi connectivity index (χ0) is 20.4. The van der Waals surface area contributed by atoms with Gasteiger partial charge in [-0.1, -0.05) is 19.8 Å². The van der Waals surface area contributed by atoms with E-state index in [4.69, 9.17) is 13.0 Å². The first-order chi connectivity index (χ1) is 11.8. The van der Waals surface area contributed by atoms with Gasteiger partial charge < -0.3 is 23.0 Å². The van der Waals surface area contributed by atoms with E-state index in [0.717, 1.165) is 12.5 Å². The fraction of sp³-hybridized carbons (Fsp3) is 1.00. The standard InChI is InChI=1S/C18H45NO4Si3/c1-10-11-14-24(4,5)22-26(8,9)23-25(6,7)15-12-13-21-17-18(20)16-19(2)3/h18,20H,10-17H2,1-9H3. The van der Waals surface area contributed by atoms with Crippen molar-refractivity contribution in [3.8, 4) is 0 Å². The first kappa shape index (κ1) is 26.5. The lowest BCUT2D eigenvalue weighted by atomic mass is 10.3. The van der Waals surface area contributed by atoms with Crippen molar-refractivity contribution >= 4 is 25.2 Å². The van der Waals surface area contributed by atoms with Crippen LogP contribution in [-0.2, 0) is 13.0 Å². The summed E-state index contributed by atoms with van der Waals surface area (Å²) in [6.07, 6.45) is 3.05. The van der Waals surface area contributed by atoms with E-state index in [2.05, 4.69) is 46.2 Å². The predicted molar refractivity (Wildman–Crippen MR) is 119 cm³/mol. The van der Waals surface area contributed by atoms with Gasteiger partial charge in [-0.15, -0.1) is 0 Å². The van der Waals surface area contributed by atoms with Gasteiger partial charge >= 0.3 is 8.56 Å². The lowest BCUT2D eigenvalue weighted by Gasteiger charge is -2.38. The molecule has 8 heteroatoms. The first-order valence-electron chi connectivity index (χ1n) is 10.1. The second-order valence-electron chi connectivity index (χ2n) is 9.32. The Morgan fingerprint density at radius 2 is 1.38 bits per heavy atom. The van der Waals surface area contributed by atoms with Gasteiger partial charge in [0.05, 0.1) is 12.7 Å². The molecule has 0 aliphatic rings. The van der Waals surface area contributed by atoms with E-state index < -0.39 is 31.3 Å². The molecule has 26 heavy (non-hydrogen) atoms. The SMILES string of the molecule is CCCC[Si](C)(C)O[Si](C)(C)O[Si](C)(C)CCCOCC(O)CN(C)C. The molecule has 0 aliphatic heterocycles. The molecule has 0 fully saturated rings. The summed E-state index contributed by atoms with van der Waals surface area (Å²) in [7, 11) is -1.58. The zero-order valence-electron chi connectivity index (χ0n) is 18.9. The van der Waals surface area contributed by atoms with Crippen molar-refractivity contribution in [3.63, 3.8) is 0 Å². The maximum atomic E-state index is 9.81. The largest absolute Gasteiger partial charge is 0.437 e. The molecule has 0 aromatic heterocycles. The molecule has 0 saturated heterocycles. The van der Waals surface area contributed by atoms with Crippen LogP contribution in [0.2, 0.25) is 51.4 Å². The summed E-state index contributed by atoms with van der Waals surface area (Å²) < 4.78 is 18.8. The number of likely N-dealkylation sites (N-methyl/N-ethyl adjacent to an activating group) is 1. The molecule has 158 valence electrons. The molecule has 1 unspecified atom stereocenters. The third-order valence-corrected chi connectivity index (χ3v) is 15.6. The van der Waals surface area contributed by atoms with Gasteiger partial charge in [0, 0.05) is 13.2 Å². The van der Waals surface area contributed by atoms with Crippen molar-refractivity contribution < 1.29 is 18.1 Å². The first-order valence-corrected chi connectivity index (χ1v) is 19.1. The van der Waals surface area contributed by atoms with Crippen molar-refractivity contribution in [3.05, 3.63) is 0 Å². The van der Waals surface area contributed by atoms with Crippen LogP contribution in [0, 0.1) is 0 Å². The van der Waals surface area contributed by atoms with E-state index in [1.165, 1.54) is 18.9 Å². The van der Waals surface area contributed by atoms with E-state index >= 15 is 0 Å². The highest BCUT2D eigenvalue weighted by molar-refractivity contribution is 6.87. The van der Waals surface area contributed by atoms with Gasteiger partial charge in [-0.3, -0.25) is 0 Å². The van der Waals surface area contributed by atoms with Crippen LogP contribution in [-0.4, -0.2) is 75.2 Å². The van der Waals surface area contributed by atoms with Crippen LogP contribution in [0.1, 0.15) is 26.2 Å². The molecule has 0 radical (unpaired) electrons. The Balaban J connectivity index is 4.21. The van der Waals surface area contributed by atoms with E-state index in [-0.39, 0.29) is 0 Å². The molecule has 5 nitrogen and oxygen atoms in total. The highest BCUT2D eigenvalue weighted by Crippen LogP contribution is 2.26. The van der Waals surface area contributed by atoms with Crippen LogP contribution in [0.4, 0.5) is 0 Å². The second-order valence-corrected chi connectivity index (χ2v) is 21.8. The number of aliphatic hydroxyl groups is 1. The van der Waals surface area contributed by atoms with Gasteiger partial charge in [-0.2, -0.15) is 0 Å². The van der Waals surface area contributed by atoms with Crippen molar-refractivity contribution in [1.82, 2.24) is 4.90 Å². The minimum atomic E-state index is -2.09. The van der Waals surface area contributed by atoms with Gasteiger partial charge in [-0.05, 0) is 71.9 Å². The highest BCUT2D eigenvalue weighted by Gasteiger charge is 2.39. The fourth-order valence-corrected chi connectivity index (χ4v) is 17.6. The van der Waals surface area contributed by atoms with E-state index in [9.17, 15) is 5.11 Å². The molecule has 0 bridgehead atoms. The number of rotatable bonds is 15. The number of aliphatic hydroxyl groups excluding tert-OH is 1. The Labute approximate surface area is 165 Å². The molecular formula is C18H45NO4Si3. The highest BCUT2D eigenvalue weighted by atomic mass is 28.5. The molecule has 0 heterocycles. The molecule has 0 aromatic rings. The molecule has 0 spiro atoms. The third-order valence-electron chi connectivity index (χ3n) is 4.13. The van der Waals surface area contributed by atoms with Crippen LogP contribution in [0.3, 0.4) is 0 Å². The number of hydrogen-bond acceptors (Lipinski definition) is 5. The summed E-state index contributed by atoms with van der Waals surface area (Å²) in [5.41, 5.74) is 0. The van der Waals surface area contributed by atoms with Crippen LogP contribution < -0.4 is 0 Å². The fourth-order valence-electron chi connectivity index (χ4n) is 3.35. The molecule has 1 atom stereocenters. The smallest absolute Gasteiger partial charge is 0.311 e. The summed E-state index contributed by atoms with van der Waals surface area (Å²) >= 11 is 0. The number of ether oxygens (including phenoxy) is 1. The lowest BCUT2D eigenvalue weighted by molar-refractivity contribution is 0.0243. The van der Waals surface area contributed by atoms with Gasteiger partial charge in [0.25, 0.3) is 0 Å². The van der Waals surface area contributed by atoms with E-state index in [0.29, 0.717) is 19.8 Å². The summed E-state index contributed by atoms with van der Waals surface area (Å²) in [4.78, 5) is 1.97. The van der Waals surface area contributed by atoms with Crippen molar-refractivity contribution in [2.45, 2.75) is 83.7 Å². The number of unbranched alkanes of at least 4 members (excludes halogenated alkanes) is 1. The minimum absolute atomic E-state index is 0.404. The third kappa shape index (κ3) is 14.5. The molecule has 0 rings (SSSR count). The number of hydrogen-bond donors (Lipinski definition) is 1. The Morgan fingerprint density at radius 1 is 0.885 bits per heavy atom. The average Bonchev–Trinajstić information content (AvgIpc) is 2.41. The van der Waals surface area contributed by atoms with Crippen molar-refractivity contribution in [1.29, 1.82) is 0 Å². The maximum Gasteiger partial charge on any atom is 0.311 e. The molecule has 0 aliphatic carbocycles. The molecular weight excluding hydrogens is 378 g/mol. The Bertz CT molecular complexity index is 379. The van der Waals surface area contributed by atoms with Crippen LogP contribution in [0.25, 0.3) is 0 Å². The predicted octanol–water partition coefficient (Wildman–Crippen LogP) is 4.26. The van der Waals surface area contributed by atoms with E-state index in [1.54, 1.807) is 0 Å². The van der Waals surface area contributed by atoms with Gasteiger partial charge in [-0.25, -0.2) is 0 Å². The maximum absolute atomic E-state index is 9.81. The van der Waals surface area contributed by atoms with Gasteiger partial charge in [0.2, 0.25) is 0 Å². The molecule has 0 aromatic carbocycles. The Kier molecular flexibility index (Phi) is 12.3. The summed E-state index contributed by atoms with van der Waals surface area (Å²) in [5.74, 6) is 0. The van der Waals surface area contributed by atoms with Crippen LogP contribution in [0.5, 0.6) is 0 Å². The monoisotopic (exact) mass is 423 g/mol. The second kappa shape index (κ2) is 12.1. The lowest BCUT2D eigenvalue weighted by Crippen LogP contribution is -2.52. The van der Waals surface area contributed by atoms with Crippen molar-refractivity contribution in [2.75, 3.05) is 33.9 Å². The van der Waals surface area contributed by atoms with Crippen molar-refractivity contribution in [2.24, 2.45) is 0 Å². The minimum Gasteiger partial charge on any atom is -0.437 e. The topological polar surface area (TPSA) is 51.2 Å². The molecule has 0 amide bonds. The zero-order valence-corrected chi connectivity index (χ0v) is 21.9. The quantitative estimate of drug-likeness (QED) is 0.315. The Hall–Kier alpha value is 0.451. The normalized spacial score (nSPS) is 14.9.